The Morgan fingerprint density at radius 3 is 2.69 bits per heavy atom. The predicted molar refractivity (Wildman–Crippen MR) is 59.2 cm³/mol. The summed E-state index contributed by atoms with van der Waals surface area (Å²) in [5.41, 5.74) is -0.496. The summed E-state index contributed by atoms with van der Waals surface area (Å²) in [5, 5.41) is 9.01. The molecule has 1 aliphatic rings. The van der Waals surface area contributed by atoms with Crippen molar-refractivity contribution in [3.63, 3.8) is 0 Å². The number of morpholine rings is 1. The van der Waals surface area contributed by atoms with Crippen LogP contribution in [0.2, 0.25) is 0 Å². The Morgan fingerprint density at radius 1 is 1.56 bits per heavy atom. The minimum absolute atomic E-state index is 0.0161. The zero-order chi connectivity index (χ0) is 12.3. The molecule has 0 aromatic heterocycles. The molecule has 0 aliphatic carbocycles. The second-order valence-electron chi connectivity index (χ2n) is 5.12. The standard InChI is InChI=1S/C11H21NO4/c1-8-7-15-9(6-13)5-12(8)10(14)16-11(2,3)4/h8-9,13H,5-7H2,1-4H3/t8-,9?/m0/s1. The molecular formula is C11H21NO4. The quantitative estimate of drug-likeness (QED) is 0.731. The minimum Gasteiger partial charge on any atom is -0.444 e. The van der Waals surface area contributed by atoms with Gasteiger partial charge in [0.05, 0.1) is 31.9 Å². The number of aliphatic hydroxyl groups excluding tert-OH is 1. The van der Waals surface area contributed by atoms with Gasteiger partial charge in [-0.05, 0) is 27.7 Å². The van der Waals surface area contributed by atoms with Gasteiger partial charge in [0.15, 0.2) is 0 Å². The molecule has 0 aromatic rings. The number of carbonyl (C=O) groups is 1. The van der Waals surface area contributed by atoms with E-state index in [1.54, 1.807) is 4.90 Å². The van der Waals surface area contributed by atoms with Crippen LogP contribution in [-0.4, -0.2) is 53.6 Å². The monoisotopic (exact) mass is 231 g/mol. The normalized spacial score (nSPS) is 26.7. The summed E-state index contributed by atoms with van der Waals surface area (Å²) in [6, 6.07) is -0.0161. The van der Waals surface area contributed by atoms with E-state index in [0.717, 1.165) is 0 Å². The summed E-state index contributed by atoms with van der Waals surface area (Å²) in [5.74, 6) is 0. The van der Waals surface area contributed by atoms with Crippen molar-refractivity contribution in [2.75, 3.05) is 19.8 Å². The molecule has 1 aliphatic heterocycles. The molecule has 94 valence electrons. The van der Waals surface area contributed by atoms with Crippen molar-refractivity contribution in [2.24, 2.45) is 0 Å². The first kappa shape index (κ1) is 13.3. The molecule has 0 saturated carbocycles. The maximum absolute atomic E-state index is 11.9. The van der Waals surface area contributed by atoms with Crippen LogP contribution >= 0.6 is 0 Å². The molecular weight excluding hydrogens is 210 g/mol. The summed E-state index contributed by atoms with van der Waals surface area (Å²) in [6.07, 6.45) is -0.648. The van der Waals surface area contributed by atoms with E-state index < -0.39 is 5.60 Å². The van der Waals surface area contributed by atoms with Gasteiger partial charge >= 0.3 is 6.09 Å². The fourth-order valence-electron chi connectivity index (χ4n) is 1.50. The summed E-state index contributed by atoms with van der Waals surface area (Å²) in [4.78, 5) is 13.5. The lowest BCUT2D eigenvalue weighted by molar-refractivity contribution is -0.0806. The first-order chi connectivity index (χ1) is 7.33. The Bertz CT molecular complexity index is 249. The molecule has 1 rings (SSSR count). The number of hydrogen-bond donors (Lipinski definition) is 1. The number of aliphatic hydroxyl groups is 1. The molecule has 0 bridgehead atoms. The zero-order valence-electron chi connectivity index (χ0n) is 10.4. The minimum atomic E-state index is -0.496. The van der Waals surface area contributed by atoms with Gasteiger partial charge in [-0.3, -0.25) is 0 Å². The molecule has 16 heavy (non-hydrogen) atoms. The Hall–Kier alpha value is -0.810. The average Bonchev–Trinajstić information content (AvgIpc) is 2.15. The molecule has 5 nitrogen and oxygen atoms in total. The summed E-state index contributed by atoms with van der Waals surface area (Å²) in [6.45, 7) is 8.14. The second kappa shape index (κ2) is 5.01. The van der Waals surface area contributed by atoms with Gasteiger partial charge in [-0.1, -0.05) is 0 Å². The topological polar surface area (TPSA) is 59.0 Å². The highest BCUT2D eigenvalue weighted by Crippen LogP contribution is 2.16. The van der Waals surface area contributed by atoms with Crippen molar-refractivity contribution in [3.05, 3.63) is 0 Å². The number of rotatable bonds is 1. The van der Waals surface area contributed by atoms with E-state index in [9.17, 15) is 4.79 Å². The van der Waals surface area contributed by atoms with E-state index in [4.69, 9.17) is 14.6 Å². The van der Waals surface area contributed by atoms with E-state index >= 15 is 0 Å². The van der Waals surface area contributed by atoms with E-state index in [-0.39, 0.29) is 24.8 Å². The molecule has 1 amide bonds. The smallest absolute Gasteiger partial charge is 0.410 e. The lowest BCUT2D eigenvalue weighted by atomic mass is 10.2. The van der Waals surface area contributed by atoms with Crippen LogP contribution in [0.15, 0.2) is 0 Å². The van der Waals surface area contributed by atoms with Crippen LogP contribution in [-0.2, 0) is 9.47 Å². The first-order valence-corrected chi connectivity index (χ1v) is 5.55. The van der Waals surface area contributed by atoms with E-state index in [2.05, 4.69) is 0 Å². The number of ether oxygens (including phenoxy) is 2. The van der Waals surface area contributed by atoms with Crippen molar-refractivity contribution in [3.8, 4) is 0 Å². The Kier molecular flexibility index (Phi) is 4.15. The van der Waals surface area contributed by atoms with Crippen molar-refractivity contribution >= 4 is 6.09 Å². The molecule has 1 fully saturated rings. The van der Waals surface area contributed by atoms with Crippen LogP contribution in [0.3, 0.4) is 0 Å². The number of nitrogens with zero attached hydrogens (tertiary/aromatic N) is 1. The van der Waals surface area contributed by atoms with Crippen LogP contribution in [0, 0.1) is 0 Å². The predicted octanol–water partition coefficient (Wildman–Crippen LogP) is 1.00. The molecule has 1 heterocycles. The highest BCUT2D eigenvalue weighted by atomic mass is 16.6. The SMILES string of the molecule is C[C@H]1COC(CO)CN1C(=O)OC(C)(C)C. The molecule has 1 saturated heterocycles. The van der Waals surface area contributed by atoms with Crippen LogP contribution in [0.25, 0.3) is 0 Å². The van der Waals surface area contributed by atoms with Crippen LogP contribution in [0.5, 0.6) is 0 Å². The first-order valence-electron chi connectivity index (χ1n) is 5.55. The fraction of sp³-hybridized carbons (Fsp3) is 0.909. The van der Waals surface area contributed by atoms with Crippen molar-refractivity contribution in [2.45, 2.75) is 45.4 Å². The largest absolute Gasteiger partial charge is 0.444 e. The Balaban J connectivity index is 2.59. The molecule has 0 aromatic carbocycles. The van der Waals surface area contributed by atoms with Crippen molar-refractivity contribution < 1.29 is 19.4 Å². The third-order valence-corrected chi connectivity index (χ3v) is 2.34. The second-order valence-corrected chi connectivity index (χ2v) is 5.12. The highest BCUT2D eigenvalue weighted by molar-refractivity contribution is 5.68. The van der Waals surface area contributed by atoms with Gasteiger partial charge in [-0.2, -0.15) is 0 Å². The molecule has 5 heteroatoms. The lowest BCUT2D eigenvalue weighted by Crippen LogP contribution is -2.53. The van der Waals surface area contributed by atoms with Gasteiger partial charge in [0.1, 0.15) is 5.60 Å². The number of carbonyl (C=O) groups excluding carboxylic acids is 1. The number of hydrogen-bond acceptors (Lipinski definition) is 4. The van der Waals surface area contributed by atoms with Crippen molar-refractivity contribution in [1.29, 1.82) is 0 Å². The Morgan fingerprint density at radius 2 is 2.19 bits per heavy atom. The van der Waals surface area contributed by atoms with Gasteiger partial charge in [-0.15, -0.1) is 0 Å². The molecule has 1 unspecified atom stereocenters. The molecule has 2 atom stereocenters. The van der Waals surface area contributed by atoms with E-state index in [1.807, 2.05) is 27.7 Å². The summed E-state index contributed by atoms with van der Waals surface area (Å²) in [7, 11) is 0. The zero-order valence-corrected chi connectivity index (χ0v) is 10.4. The maximum atomic E-state index is 11.9. The summed E-state index contributed by atoms with van der Waals surface area (Å²) >= 11 is 0. The fourth-order valence-corrected chi connectivity index (χ4v) is 1.50. The molecule has 0 spiro atoms. The maximum Gasteiger partial charge on any atom is 0.410 e. The van der Waals surface area contributed by atoms with Gasteiger partial charge in [0.25, 0.3) is 0 Å². The highest BCUT2D eigenvalue weighted by Gasteiger charge is 2.32. The molecule has 0 radical (unpaired) electrons. The van der Waals surface area contributed by atoms with Crippen LogP contribution in [0.4, 0.5) is 4.79 Å². The van der Waals surface area contributed by atoms with Gasteiger partial charge < -0.3 is 19.5 Å². The van der Waals surface area contributed by atoms with Crippen molar-refractivity contribution in [1.82, 2.24) is 4.90 Å². The summed E-state index contributed by atoms with van der Waals surface area (Å²) < 4.78 is 10.6. The third-order valence-electron chi connectivity index (χ3n) is 2.34. The van der Waals surface area contributed by atoms with E-state index in [1.165, 1.54) is 0 Å². The van der Waals surface area contributed by atoms with Gasteiger partial charge in [0, 0.05) is 0 Å². The van der Waals surface area contributed by atoms with Crippen LogP contribution in [0.1, 0.15) is 27.7 Å². The third kappa shape index (κ3) is 3.64. The Labute approximate surface area is 96.3 Å². The molecule has 1 N–H and O–H groups in total. The van der Waals surface area contributed by atoms with Crippen LogP contribution < -0.4 is 0 Å². The van der Waals surface area contributed by atoms with Gasteiger partial charge in [0.2, 0.25) is 0 Å². The lowest BCUT2D eigenvalue weighted by Gasteiger charge is -2.38. The van der Waals surface area contributed by atoms with E-state index in [0.29, 0.717) is 13.2 Å². The number of amides is 1. The average molecular weight is 231 g/mol. The van der Waals surface area contributed by atoms with Gasteiger partial charge in [-0.25, -0.2) is 4.79 Å².